The fourth-order valence-electron chi connectivity index (χ4n) is 3.30. The zero-order chi connectivity index (χ0) is 22.5. The fourth-order valence-corrected chi connectivity index (χ4v) is 4.83. The molecule has 0 aliphatic heterocycles. The van der Waals surface area contributed by atoms with Crippen LogP contribution in [0.1, 0.15) is 34.6 Å². The predicted octanol–water partition coefficient (Wildman–Crippen LogP) is 5.89. The number of hydrogen-bond donors (Lipinski definition) is 1. The number of nitrogens with zero attached hydrogens (tertiary/aromatic N) is 2. The summed E-state index contributed by atoms with van der Waals surface area (Å²) in [5.74, 6) is -0.164. The van der Waals surface area contributed by atoms with Gasteiger partial charge in [-0.3, -0.25) is 9.59 Å². The Morgan fingerprint density at radius 2 is 1.88 bits per heavy atom. The molecule has 1 unspecified atom stereocenters. The Kier molecular flexibility index (Phi) is 6.78. The highest BCUT2D eigenvalue weighted by atomic mass is 32.1. The minimum absolute atomic E-state index is 0.00149. The fraction of sp³-hybridized carbons (Fsp3) is 0.160. The number of carbonyl (C=O) groups excluding carboxylic acids is 2. The van der Waals surface area contributed by atoms with E-state index in [-0.39, 0.29) is 24.3 Å². The van der Waals surface area contributed by atoms with Gasteiger partial charge in [0.15, 0.2) is 0 Å². The van der Waals surface area contributed by atoms with E-state index in [1.807, 2.05) is 66.2 Å². The Labute approximate surface area is 195 Å². The maximum absolute atomic E-state index is 12.9. The highest BCUT2D eigenvalue weighted by molar-refractivity contribution is 7.14. The summed E-state index contributed by atoms with van der Waals surface area (Å²) in [6.45, 7) is 1.98. The first-order chi connectivity index (χ1) is 15.5. The average molecular weight is 462 g/mol. The first-order valence-corrected chi connectivity index (χ1v) is 12.0. The first kappa shape index (κ1) is 21.9. The standard InChI is InChI=1S/C25H23N3O2S2/c1-17(19-9-6-10-21(13-19)26-24(30)18-7-4-3-5-8-18)28(2)23(29)14-22-16-32-25(27-22)20-11-12-31-15-20/h3-13,15-17H,14H2,1-2H3,(H,26,30). The maximum Gasteiger partial charge on any atom is 0.255 e. The number of amides is 2. The van der Waals surface area contributed by atoms with Crippen LogP contribution in [0.5, 0.6) is 0 Å². The van der Waals surface area contributed by atoms with Gasteiger partial charge in [-0.25, -0.2) is 4.98 Å². The number of thiazole rings is 1. The number of carbonyl (C=O) groups is 2. The molecular formula is C25H23N3O2S2. The SMILES string of the molecule is CC(c1cccc(NC(=O)c2ccccc2)c1)N(C)C(=O)Cc1csc(-c2ccsc2)n1. The van der Waals surface area contributed by atoms with Crippen LogP contribution in [0.2, 0.25) is 0 Å². The van der Waals surface area contributed by atoms with Crippen molar-refractivity contribution in [2.45, 2.75) is 19.4 Å². The summed E-state index contributed by atoms with van der Waals surface area (Å²) in [6.07, 6.45) is 0.256. The molecule has 0 spiro atoms. The summed E-state index contributed by atoms with van der Waals surface area (Å²) in [7, 11) is 1.80. The lowest BCUT2D eigenvalue weighted by atomic mass is 10.1. The second kappa shape index (κ2) is 9.89. The van der Waals surface area contributed by atoms with Gasteiger partial charge in [-0.2, -0.15) is 11.3 Å². The lowest BCUT2D eigenvalue weighted by molar-refractivity contribution is -0.131. The Morgan fingerprint density at radius 1 is 1.06 bits per heavy atom. The van der Waals surface area contributed by atoms with Crippen LogP contribution >= 0.6 is 22.7 Å². The molecule has 5 nitrogen and oxygen atoms in total. The van der Waals surface area contributed by atoms with E-state index in [4.69, 9.17) is 0 Å². The molecule has 32 heavy (non-hydrogen) atoms. The quantitative estimate of drug-likeness (QED) is 0.373. The molecule has 0 bridgehead atoms. The third-order valence-electron chi connectivity index (χ3n) is 5.29. The number of thiophene rings is 1. The van der Waals surface area contributed by atoms with Gasteiger partial charge in [0, 0.05) is 34.6 Å². The molecule has 0 fully saturated rings. The van der Waals surface area contributed by atoms with Crippen molar-refractivity contribution in [2.75, 3.05) is 12.4 Å². The first-order valence-electron chi connectivity index (χ1n) is 10.2. The van der Waals surface area contributed by atoms with E-state index in [2.05, 4.69) is 15.7 Å². The summed E-state index contributed by atoms with van der Waals surface area (Å²) in [4.78, 5) is 31.7. The zero-order valence-corrected chi connectivity index (χ0v) is 19.5. The van der Waals surface area contributed by atoms with E-state index in [9.17, 15) is 9.59 Å². The van der Waals surface area contributed by atoms with Gasteiger partial charge in [0.25, 0.3) is 5.91 Å². The molecule has 2 amide bonds. The molecule has 2 heterocycles. The highest BCUT2D eigenvalue weighted by Gasteiger charge is 2.19. The van der Waals surface area contributed by atoms with Crippen molar-refractivity contribution in [2.24, 2.45) is 0 Å². The Balaban J connectivity index is 1.41. The van der Waals surface area contributed by atoms with E-state index >= 15 is 0 Å². The molecule has 2 aromatic heterocycles. The highest BCUT2D eigenvalue weighted by Crippen LogP contribution is 2.27. The van der Waals surface area contributed by atoms with Crippen LogP contribution in [0.3, 0.4) is 0 Å². The predicted molar refractivity (Wildman–Crippen MR) is 131 cm³/mol. The van der Waals surface area contributed by atoms with Crippen LogP contribution < -0.4 is 5.32 Å². The van der Waals surface area contributed by atoms with Crippen molar-refractivity contribution >= 4 is 40.2 Å². The van der Waals surface area contributed by atoms with Gasteiger partial charge in [0.05, 0.1) is 18.2 Å². The second-order valence-corrected chi connectivity index (χ2v) is 9.10. The smallest absolute Gasteiger partial charge is 0.255 e. The molecule has 0 saturated heterocycles. The largest absolute Gasteiger partial charge is 0.339 e. The number of aromatic nitrogens is 1. The molecule has 1 N–H and O–H groups in total. The summed E-state index contributed by atoms with van der Waals surface area (Å²) in [5.41, 5.74) is 4.12. The number of nitrogens with one attached hydrogen (secondary N) is 1. The molecule has 7 heteroatoms. The van der Waals surface area contributed by atoms with E-state index in [0.29, 0.717) is 11.3 Å². The van der Waals surface area contributed by atoms with Crippen molar-refractivity contribution in [3.8, 4) is 10.6 Å². The van der Waals surface area contributed by atoms with Crippen LogP contribution in [0.15, 0.2) is 76.8 Å². The van der Waals surface area contributed by atoms with Crippen LogP contribution in [0, 0.1) is 0 Å². The van der Waals surface area contributed by atoms with E-state index < -0.39 is 0 Å². The van der Waals surface area contributed by atoms with Crippen molar-refractivity contribution in [1.82, 2.24) is 9.88 Å². The number of anilines is 1. The molecule has 0 radical (unpaired) electrons. The maximum atomic E-state index is 12.9. The van der Waals surface area contributed by atoms with Gasteiger partial charge < -0.3 is 10.2 Å². The van der Waals surface area contributed by atoms with Crippen molar-refractivity contribution in [3.05, 3.63) is 93.6 Å². The molecule has 4 rings (SSSR count). The monoisotopic (exact) mass is 461 g/mol. The lowest BCUT2D eigenvalue weighted by Crippen LogP contribution is -2.31. The van der Waals surface area contributed by atoms with E-state index in [0.717, 1.165) is 21.8 Å². The lowest BCUT2D eigenvalue weighted by Gasteiger charge is -2.25. The third-order valence-corrected chi connectivity index (χ3v) is 6.91. The van der Waals surface area contributed by atoms with Gasteiger partial charge >= 0.3 is 0 Å². The minimum atomic E-state index is -0.162. The summed E-state index contributed by atoms with van der Waals surface area (Å²) in [6, 6.07) is 18.6. The summed E-state index contributed by atoms with van der Waals surface area (Å²) < 4.78 is 0. The number of benzene rings is 2. The molecular weight excluding hydrogens is 438 g/mol. The van der Waals surface area contributed by atoms with E-state index in [1.54, 1.807) is 46.8 Å². The minimum Gasteiger partial charge on any atom is -0.339 e. The van der Waals surface area contributed by atoms with Crippen LogP contribution in [0.25, 0.3) is 10.6 Å². The van der Waals surface area contributed by atoms with Crippen molar-refractivity contribution < 1.29 is 9.59 Å². The molecule has 2 aromatic carbocycles. The van der Waals surface area contributed by atoms with Gasteiger partial charge in [0.1, 0.15) is 5.01 Å². The van der Waals surface area contributed by atoms with Crippen molar-refractivity contribution in [1.29, 1.82) is 0 Å². The van der Waals surface area contributed by atoms with Crippen LogP contribution in [-0.4, -0.2) is 28.7 Å². The van der Waals surface area contributed by atoms with Crippen LogP contribution in [0.4, 0.5) is 5.69 Å². The molecule has 0 aliphatic carbocycles. The molecule has 0 aliphatic rings. The molecule has 1 atom stereocenters. The molecule has 4 aromatic rings. The molecule has 162 valence electrons. The van der Waals surface area contributed by atoms with Crippen molar-refractivity contribution in [3.63, 3.8) is 0 Å². The topological polar surface area (TPSA) is 62.3 Å². The number of likely N-dealkylation sites (N-methyl/N-ethyl adjacent to an activating group) is 1. The molecule has 0 saturated carbocycles. The number of hydrogen-bond acceptors (Lipinski definition) is 5. The third kappa shape index (κ3) is 5.12. The van der Waals surface area contributed by atoms with E-state index in [1.165, 1.54) is 0 Å². The van der Waals surface area contributed by atoms with Gasteiger partial charge in [-0.15, -0.1) is 11.3 Å². The Hall–Kier alpha value is -3.29. The summed E-state index contributed by atoms with van der Waals surface area (Å²) >= 11 is 3.19. The van der Waals surface area contributed by atoms with Gasteiger partial charge in [-0.05, 0) is 48.2 Å². The average Bonchev–Trinajstić information content (AvgIpc) is 3.51. The zero-order valence-electron chi connectivity index (χ0n) is 17.8. The normalized spacial score (nSPS) is 11.7. The Bertz CT molecular complexity index is 1200. The van der Waals surface area contributed by atoms with Gasteiger partial charge in [0.2, 0.25) is 5.91 Å². The Morgan fingerprint density at radius 3 is 2.62 bits per heavy atom. The number of rotatable bonds is 7. The summed E-state index contributed by atoms with van der Waals surface area (Å²) in [5, 5.41) is 9.89. The van der Waals surface area contributed by atoms with Gasteiger partial charge in [-0.1, -0.05) is 30.3 Å². The van der Waals surface area contributed by atoms with Crippen LogP contribution in [-0.2, 0) is 11.2 Å². The second-order valence-electron chi connectivity index (χ2n) is 7.46.